The summed E-state index contributed by atoms with van der Waals surface area (Å²) < 4.78 is 27.1. The number of H-pyrrole nitrogens is 1. The number of hydrogen-bond acceptors (Lipinski definition) is 5. The Balaban J connectivity index is 2.74. The van der Waals surface area contributed by atoms with Crippen LogP contribution in [0, 0.1) is 0 Å². The molecule has 1 rings (SSSR count). The minimum atomic E-state index is -3.52. The molecule has 8 heteroatoms. The Labute approximate surface area is 119 Å². The number of sulfonamides is 1. The molecule has 0 fully saturated rings. The number of hydrogen-bond donors (Lipinski definition) is 3. The number of aromatic nitrogens is 2. The highest BCUT2D eigenvalue weighted by molar-refractivity contribution is 7.98. The third-order valence-corrected chi connectivity index (χ3v) is 4.87. The predicted molar refractivity (Wildman–Crippen MR) is 78.8 cm³/mol. The van der Waals surface area contributed by atoms with Gasteiger partial charge in [-0.15, -0.1) is 0 Å². The summed E-state index contributed by atoms with van der Waals surface area (Å²) in [4.78, 5) is 0. The van der Waals surface area contributed by atoms with E-state index in [-0.39, 0.29) is 11.1 Å². The van der Waals surface area contributed by atoms with E-state index in [0.717, 1.165) is 18.7 Å². The lowest BCUT2D eigenvalue weighted by atomic mass is 10.3. The second kappa shape index (κ2) is 7.88. The number of thioether (sulfide) groups is 1. The van der Waals surface area contributed by atoms with Crippen LogP contribution in [0.2, 0.25) is 0 Å². The summed E-state index contributed by atoms with van der Waals surface area (Å²) in [7, 11) is -3.52. The van der Waals surface area contributed by atoms with Gasteiger partial charge in [-0.05, 0) is 31.9 Å². The smallest absolute Gasteiger partial charge is 0.258 e. The predicted octanol–water partition coefficient (Wildman–Crippen LogP) is 0.939. The SMILES string of the molecule is CCNCc1cn[nH]c1S(=O)(=O)NC(C)CCSC. The van der Waals surface area contributed by atoms with E-state index in [9.17, 15) is 8.42 Å². The van der Waals surface area contributed by atoms with Crippen molar-refractivity contribution in [3.63, 3.8) is 0 Å². The summed E-state index contributed by atoms with van der Waals surface area (Å²) in [6.45, 7) is 5.11. The lowest BCUT2D eigenvalue weighted by Crippen LogP contribution is -2.34. The molecule has 110 valence electrons. The van der Waals surface area contributed by atoms with Crippen LogP contribution in [0.4, 0.5) is 0 Å². The number of rotatable bonds is 9. The summed E-state index contributed by atoms with van der Waals surface area (Å²) in [5.74, 6) is 0.927. The Bertz CT molecular complexity index is 473. The quantitative estimate of drug-likeness (QED) is 0.632. The fourth-order valence-electron chi connectivity index (χ4n) is 1.59. The largest absolute Gasteiger partial charge is 0.313 e. The van der Waals surface area contributed by atoms with E-state index in [1.807, 2.05) is 20.1 Å². The molecule has 1 atom stereocenters. The maximum Gasteiger partial charge on any atom is 0.258 e. The van der Waals surface area contributed by atoms with Crippen LogP contribution in [0.15, 0.2) is 11.2 Å². The normalized spacial score (nSPS) is 13.6. The van der Waals surface area contributed by atoms with Crippen LogP contribution in [-0.2, 0) is 16.6 Å². The van der Waals surface area contributed by atoms with Crippen molar-refractivity contribution in [1.29, 1.82) is 0 Å². The standard InChI is InChI=1S/C11H22N4O2S2/c1-4-12-7-10-8-13-14-11(10)19(16,17)15-9(2)5-6-18-3/h8-9,12,15H,4-7H2,1-3H3,(H,13,14). The van der Waals surface area contributed by atoms with Gasteiger partial charge in [0.15, 0.2) is 5.03 Å². The molecule has 0 aliphatic rings. The molecule has 1 aromatic rings. The first-order valence-corrected chi connectivity index (χ1v) is 9.13. The zero-order valence-corrected chi connectivity index (χ0v) is 13.2. The molecule has 1 unspecified atom stereocenters. The molecule has 0 spiro atoms. The van der Waals surface area contributed by atoms with E-state index in [2.05, 4.69) is 20.2 Å². The molecular weight excluding hydrogens is 284 g/mol. The maximum absolute atomic E-state index is 12.2. The van der Waals surface area contributed by atoms with Gasteiger partial charge in [-0.1, -0.05) is 6.92 Å². The fourth-order valence-corrected chi connectivity index (χ4v) is 3.59. The van der Waals surface area contributed by atoms with Gasteiger partial charge >= 0.3 is 0 Å². The zero-order valence-electron chi connectivity index (χ0n) is 11.6. The third-order valence-electron chi connectivity index (χ3n) is 2.62. The maximum atomic E-state index is 12.2. The minimum absolute atomic E-state index is 0.0901. The van der Waals surface area contributed by atoms with Crippen LogP contribution in [0.5, 0.6) is 0 Å². The Hall–Kier alpha value is -0.570. The van der Waals surface area contributed by atoms with Crippen molar-refractivity contribution in [2.45, 2.75) is 37.9 Å². The van der Waals surface area contributed by atoms with Crippen LogP contribution in [0.1, 0.15) is 25.8 Å². The van der Waals surface area contributed by atoms with Gasteiger partial charge in [-0.3, -0.25) is 5.10 Å². The van der Waals surface area contributed by atoms with E-state index in [4.69, 9.17) is 0 Å². The second-order valence-corrected chi connectivity index (χ2v) is 6.94. The second-order valence-electron chi connectivity index (χ2n) is 4.31. The molecule has 1 aromatic heterocycles. The minimum Gasteiger partial charge on any atom is -0.313 e. The number of nitrogens with one attached hydrogen (secondary N) is 3. The van der Waals surface area contributed by atoms with Crippen molar-refractivity contribution >= 4 is 21.8 Å². The molecular formula is C11H22N4O2S2. The molecule has 0 saturated heterocycles. The summed E-state index contributed by atoms with van der Waals surface area (Å²) in [6, 6.07) is -0.0901. The first-order valence-electron chi connectivity index (χ1n) is 6.25. The molecule has 0 bridgehead atoms. The van der Waals surface area contributed by atoms with E-state index in [1.54, 1.807) is 18.0 Å². The van der Waals surface area contributed by atoms with Crippen LogP contribution in [0.25, 0.3) is 0 Å². The third kappa shape index (κ3) is 5.13. The molecule has 0 aromatic carbocycles. The molecule has 1 heterocycles. The van der Waals surface area contributed by atoms with Crippen molar-refractivity contribution in [1.82, 2.24) is 20.2 Å². The molecule has 0 aliphatic carbocycles. The Kier molecular flexibility index (Phi) is 6.84. The van der Waals surface area contributed by atoms with E-state index >= 15 is 0 Å². The summed E-state index contributed by atoms with van der Waals surface area (Å²) in [5.41, 5.74) is 0.659. The molecule has 0 saturated carbocycles. The van der Waals surface area contributed by atoms with Gasteiger partial charge in [0.2, 0.25) is 0 Å². The van der Waals surface area contributed by atoms with Crippen molar-refractivity contribution in [3.05, 3.63) is 11.8 Å². The van der Waals surface area contributed by atoms with Crippen LogP contribution in [0.3, 0.4) is 0 Å². The average Bonchev–Trinajstić information content (AvgIpc) is 2.82. The molecule has 0 amide bonds. The van der Waals surface area contributed by atoms with Crippen LogP contribution < -0.4 is 10.0 Å². The lowest BCUT2D eigenvalue weighted by molar-refractivity contribution is 0.551. The van der Waals surface area contributed by atoms with Crippen LogP contribution >= 0.6 is 11.8 Å². The Morgan fingerprint density at radius 3 is 2.89 bits per heavy atom. The number of aromatic amines is 1. The summed E-state index contributed by atoms with van der Waals surface area (Å²) in [5, 5.41) is 9.65. The highest BCUT2D eigenvalue weighted by atomic mass is 32.2. The van der Waals surface area contributed by atoms with Gasteiger partial charge in [0.05, 0.1) is 6.20 Å². The fraction of sp³-hybridized carbons (Fsp3) is 0.727. The first kappa shape index (κ1) is 16.5. The van der Waals surface area contributed by atoms with Gasteiger partial charge in [-0.2, -0.15) is 16.9 Å². The summed E-state index contributed by atoms with van der Waals surface area (Å²) >= 11 is 1.70. The molecule has 6 nitrogen and oxygen atoms in total. The summed E-state index contributed by atoms with van der Waals surface area (Å²) in [6.07, 6.45) is 4.35. The average molecular weight is 306 g/mol. The van der Waals surface area contributed by atoms with Crippen molar-refractivity contribution in [2.75, 3.05) is 18.6 Å². The van der Waals surface area contributed by atoms with Crippen molar-refractivity contribution < 1.29 is 8.42 Å². The van der Waals surface area contributed by atoms with Gasteiger partial charge in [0.1, 0.15) is 0 Å². The lowest BCUT2D eigenvalue weighted by Gasteiger charge is -2.13. The zero-order chi connectivity index (χ0) is 14.3. The highest BCUT2D eigenvalue weighted by Crippen LogP contribution is 2.13. The van der Waals surface area contributed by atoms with Gasteiger partial charge in [0, 0.05) is 18.2 Å². The molecule has 3 N–H and O–H groups in total. The van der Waals surface area contributed by atoms with Crippen molar-refractivity contribution in [2.24, 2.45) is 0 Å². The number of nitrogens with zero attached hydrogens (tertiary/aromatic N) is 1. The Morgan fingerprint density at radius 1 is 1.53 bits per heavy atom. The monoisotopic (exact) mass is 306 g/mol. The molecule has 0 radical (unpaired) electrons. The van der Waals surface area contributed by atoms with E-state index < -0.39 is 10.0 Å². The van der Waals surface area contributed by atoms with E-state index in [0.29, 0.717) is 12.1 Å². The first-order chi connectivity index (χ1) is 9.01. The topological polar surface area (TPSA) is 86.9 Å². The van der Waals surface area contributed by atoms with Gasteiger partial charge < -0.3 is 5.32 Å². The van der Waals surface area contributed by atoms with Crippen LogP contribution in [-0.4, -0.2) is 43.2 Å². The van der Waals surface area contributed by atoms with E-state index in [1.165, 1.54) is 0 Å². The highest BCUT2D eigenvalue weighted by Gasteiger charge is 2.22. The van der Waals surface area contributed by atoms with Crippen molar-refractivity contribution in [3.8, 4) is 0 Å². The molecule has 0 aliphatic heterocycles. The molecule has 19 heavy (non-hydrogen) atoms. The van der Waals surface area contributed by atoms with Gasteiger partial charge in [0.25, 0.3) is 10.0 Å². The van der Waals surface area contributed by atoms with Gasteiger partial charge in [-0.25, -0.2) is 13.1 Å². The Morgan fingerprint density at radius 2 is 2.26 bits per heavy atom.